The summed E-state index contributed by atoms with van der Waals surface area (Å²) >= 11 is 0. The summed E-state index contributed by atoms with van der Waals surface area (Å²) in [6, 6.07) is 20.7. The first-order valence-electron chi connectivity index (χ1n) is 8.19. The fraction of sp³-hybridized carbons (Fsp3) is 0.350. The number of hydrogen-bond acceptors (Lipinski definition) is 1. The normalized spacial score (nSPS) is 14.4. The number of nitrogens with zero attached hydrogens (tertiary/aromatic N) is 1. The van der Waals surface area contributed by atoms with Gasteiger partial charge in [0.25, 0.3) is 0 Å². The van der Waals surface area contributed by atoms with Crippen LogP contribution in [0.3, 0.4) is 0 Å². The Hall–Kier alpha value is -2.09. The predicted octanol–water partition coefficient (Wildman–Crippen LogP) is 4.06. The maximum Gasteiger partial charge on any atom is 0.225 e. The Kier molecular flexibility index (Phi) is 4.89. The van der Waals surface area contributed by atoms with E-state index in [2.05, 4.69) is 36.4 Å². The van der Waals surface area contributed by atoms with E-state index < -0.39 is 0 Å². The highest BCUT2D eigenvalue weighted by Crippen LogP contribution is 2.28. The Morgan fingerprint density at radius 3 is 2.05 bits per heavy atom. The van der Waals surface area contributed by atoms with Gasteiger partial charge >= 0.3 is 0 Å². The van der Waals surface area contributed by atoms with Crippen LogP contribution in [0.15, 0.2) is 60.7 Å². The molecule has 0 radical (unpaired) electrons. The lowest BCUT2D eigenvalue weighted by molar-refractivity contribution is -0.138. The summed E-state index contributed by atoms with van der Waals surface area (Å²) in [4.78, 5) is 14.7. The van der Waals surface area contributed by atoms with Crippen LogP contribution in [0, 0.1) is 5.92 Å². The van der Waals surface area contributed by atoms with Gasteiger partial charge in [0, 0.05) is 19.0 Å². The van der Waals surface area contributed by atoms with Gasteiger partial charge in [-0.1, -0.05) is 67.1 Å². The van der Waals surface area contributed by atoms with Gasteiger partial charge in [-0.2, -0.15) is 0 Å². The molecule has 1 fully saturated rings. The molecule has 22 heavy (non-hydrogen) atoms. The number of carbonyl (C=O) groups excluding carboxylic acids is 1. The largest absolute Gasteiger partial charge is 0.338 e. The smallest absolute Gasteiger partial charge is 0.225 e. The highest BCUT2D eigenvalue weighted by atomic mass is 16.2. The lowest BCUT2D eigenvalue weighted by atomic mass is 9.84. The Morgan fingerprint density at radius 1 is 0.909 bits per heavy atom. The van der Waals surface area contributed by atoms with Crippen LogP contribution >= 0.6 is 0 Å². The molecule has 2 aromatic rings. The molecule has 1 saturated carbocycles. The minimum Gasteiger partial charge on any atom is -0.338 e. The van der Waals surface area contributed by atoms with E-state index in [1.165, 1.54) is 17.5 Å². The van der Waals surface area contributed by atoms with E-state index in [-0.39, 0.29) is 5.92 Å². The molecule has 2 heteroatoms. The average molecular weight is 293 g/mol. The van der Waals surface area contributed by atoms with E-state index >= 15 is 0 Å². The number of benzene rings is 2. The third kappa shape index (κ3) is 3.76. The lowest BCUT2D eigenvalue weighted by Gasteiger charge is -2.32. The van der Waals surface area contributed by atoms with Gasteiger partial charge in [-0.25, -0.2) is 0 Å². The molecule has 0 bridgehead atoms. The van der Waals surface area contributed by atoms with Gasteiger partial charge in [0.1, 0.15) is 0 Å². The van der Waals surface area contributed by atoms with Crippen molar-refractivity contribution in [2.75, 3.05) is 6.54 Å². The van der Waals surface area contributed by atoms with E-state index in [1.807, 2.05) is 29.2 Å². The highest BCUT2D eigenvalue weighted by Gasteiger charge is 2.29. The van der Waals surface area contributed by atoms with Crippen molar-refractivity contribution in [2.45, 2.75) is 32.2 Å². The third-order valence-electron chi connectivity index (χ3n) is 4.50. The van der Waals surface area contributed by atoms with Crippen LogP contribution in [0.25, 0.3) is 0 Å². The van der Waals surface area contributed by atoms with E-state index in [9.17, 15) is 4.79 Å². The number of carbonyl (C=O) groups is 1. The molecule has 2 nitrogen and oxygen atoms in total. The summed E-state index contributed by atoms with van der Waals surface area (Å²) in [5, 5.41) is 0. The maximum atomic E-state index is 12.7. The Labute approximate surface area is 132 Å². The Bertz CT molecular complexity index is 590. The molecule has 0 saturated heterocycles. The van der Waals surface area contributed by atoms with Crippen LogP contribution in [0.5, 0.6) is 0 Å². The molecule has 114 valence electrons. The number of amides is 1. The van der Waals surface area contributed by atoms with Crippen molar-refractivity contribution in [3.05, 3.63) is 71.8 Å². The van der Waals surface area contributed by atoms with Gasteiger partial charge < -0.3 is 4.90 Å². The molecule has 0 aliphatic heterocycles. The zero-order valence-electron chi connectivity index (χ0n) is 12.9. The molecule has 0 N–H and O–H groups in total. The topological polar surface area (TPSA) is 20.3 Å². The Balaban J connectivity index is 1.66. The zero-order valence-corrected chi connectivity index (χ0v) is 12.9. The molecular weight excluding hydrogens is 270 g/mol. The monoisotopic (exact) mass is 293 g/mol. The summed E-state index contributed by atoms with van der Waals surface area (Å²) in [5.74, 6) is 0.602. The van der Waals surface area contributed by atoms with E-state index in [1.54, 1.807) is 0 Å². The van der Waals surface area contributed by atoms with Gasteiger partial charge in [-0.3, -0.25) is 4.79 Å². The van der Waals surface area contributed by atoms with Gasteiger partial charge in [-0.05, 0) is 30.4 Å². The molecule has 0 unspecified atom stereocenters. The van der Waals surface area contributed by atoms with Gasteiger partial charge in [-0.15, -0.1) is 0 Å². The quantitative estimate of drug-likeness (QED) is 0.786. The summed E-state index contributed by atoms with van der Waals surface area (Å²) < 4.78 is 0. The van der Waals surface area contributed by atoms with Gasteiger partial charge in [0.15, 0.2) is 0 Å². The number of hydrogen-bond donors (Lipinski definition) is 0. The molecule has 1 amide bonds. The van der Waals surface area contributed by atoms with E-state index in [0.29, 0.717) is 5.91 Å². The lowest BCUT2D eigenvalue weighted by Crippen LogP contribution is -2.39. The summed E-state index contributed by atoms with van der Waals surface area (Å²) in [5.41, 5.74) is 2.50. The van der Waals surface area contributed by atoms with Crippen LogP contribution in [0.4, 0.5) is 0 Å². The summed E-state index contributed by atoms with van der Waals surface area (Å²) in [6.07, 6.45) is 4.26. The van der Waals surface area contributed by atoms with Crippen LogP contribution in [0.1, 0.15) is 30.4 Å². The third-order valence-corrected chi connectivity index (χ3v) is 4.50. The van der Waals surface area contributed by atoms with Crippen molar-refractivity contribution in [3.63, 3.8) is 0 Å². The molecule has 0 spiro atoms. The summed E-state index contributed by atoms with van der Waals surface area (Å²) in [7, 11) is 0. The van der Waals surface area contributed by atoms with Crippen molar-refractivity contribution < 1.29 is 4.79 Å². The number of rotatable bonds is 6. The standard InChI is InChI=1S/C20H23NO/c22-20(19-12-7-13-19)21(16-18-10-5-2-6-11-18)15-14-17-8-3-1-4-9-17/h1-6,8-11,19H,7,12-16H2. The molecule has 1 aliphatic rings. The molecule has 0 aromatic heterocycles. The fourth-order valence-electron chi connectivity index (χ4n) is 2.89. The summed E-state index contributed by atoms with van der Waals surface area (Å²) in [6.45, 7) is 1.53. The minimum absolute atomic E-state index is 0.263. The average Bonchev–Trinajstić information content (AvgIpc) is 2.51. The second-order valence-electron chi connectivity index (χ2n) is 6.11. The highest BCUT2D eigenvalue weighted by molar-refractivity contribution is 5.79. The second kappa shape index (κ2) is 7.26. The van der Waals surface area contributed by atoms with Crippen molar-refractivity contribution in [2.24, 2.45) is 5.92 Å². The first kappa shape index (κ1) is 14.8. The first-order valence-corrected chi connectivity index (χ1v) is 8.19. The SMILES string of the molecule is O=C(C1CCC1)N(CCc1ccccc1)Cc1ccccc1. The van der Waals surface area contributed by atoms with E-state index in [4.69, 9.17) is 0 Å². The predicted molar refractivity (Wildman–Crippen MR) is 89.3 cm³/mol. The fourth-order valence-corrected chi connectivity index (χ4v) is 2.89. The van der Waals surface area contributed by atoms with Crippen molar-refractivity contribution in [1.82, 2.24) is 4.90 Å². The van der Waals surface area contributed by atoms with E-state index in [0.717, 1.165) is 32.4 Å². The van der Waals surface area contributed by atoms with Crippen molar-refractivity contribution in [1.29, 1.82) is 0 Å². The molecule has 0 atom stereocenters. The first-order chi connectivity index (χ1) is 10.8. The minimum atomic E-state index is 0.263. The molecule has 1 aliphatic carbocycles. The molecule has 2 aromatic carbocycles. The molecule has 3 rings (SSSR count). The maximum absolute atomic E-state index is 12.7. The zero-order chi connectivity index (χ0) is 15.2. The van der Waals surface area contributed by atoms with Crippen molar-refractivity contribution in [3.8, 4) is 0 Å². The molecule has 0 heterocycles. The van der Waals surface area contributed by atoms with Crippen LogP contribution in [-0.2, 0) is 17.8 Å². The van der Waals surface area contributed by atoms with Crippen LogP contribution < -0.4 is 0 Å². The Morgan fingerprint density at radius 2 is 1.50 bits per heavy atom. The molecular formula is C20H23NO. The van der Waals surface area contributed by atoms with Gasteiger partial charge in [0.2, 0.25) is 5.91 Å². The second-order valence-corrected chi connectivity index (χ2v) is 6.11. The van der Waals surface area contributed by atoms with Gasteiger partial charge in [0.05, 0.1) is 0 Å². The van der Waals surface area contributed by atoms with Crippen LogP contribution in [-0.4, -0.2) is 17.4 Å². The van der Waals surface area contributed by atoms with Crippen molar-refractivity contribution >= 4 is 5.91 Å². The van der Waals surface area contributed by atoms with Crippen LogP contribution in [0.2, 0.25) is 0 Å².